The average molecular weight is 449 g/mol. The summed E-state index contributed by atoms with van der Waals surface area (Å²) in [4.78, 5) is 14.3. The Morgan fingerprint density at radius 2 is 1.80 bits per heavy atom. The van der Waals surface area contributed by atoms with Crippen LogP contribution in [0.1, 0.15) is 44.9 Å². The first-order valence-electron chi connectivity index (χ1n) is 9.00. The van der Waals surface area contributed by atoms with Crippen molar-refractivity contribution in [3.05, 3.63) is 15.9 Å². The number of rotatable bonds is 5. The van der Waals surface area contributed by atoms with Gasteiger partial charge in [0.1, 0.15) is 4.21 Å². The van der Waals surface area contributed by atoms with Gasteiger partial charge >= 0.3 is 0 Å². The molecule has 2 aliphatic rings. The normalized spacial score (nSPS) is 20.8. The van der Waals surface area contributed by atoms with E-state index in [4.69, 9.17) is 0 Å². The highest BCUT2D eigenvalue weighted by molar-refractivity contribution is 9.11. The fourth-order valence-electron chi connectivity index (χ4n) is 3.70. The van der Waals surface area contributed by atoms with Crippen molar-refractivity contribution in [2.45, 2.75) is 49.2 Å². The molecule has 1 aromatic heterocycles. The second kappa shape index (κ2) is 8.50. The van der Waals surface area contributed by atoms with E-state index < -0.39 is 10.0 Å². The molecule has 140 valence electrons. The lowest BCUT2D eigenvalue weighted by molar-refractivity contribution is -0.132. The number of sulfonamides is 1. The maximum absolute atomic E-state index is 12.6. The second-order valence-corrected chi connectivity index (χ2v) is 11.5. The fourth-order valence-corrected chi connectivity index (χ4v) is 7.29. The van der Waals surface area contributed by atoms with Crippen LogP contribution in [0.4, 0.5) is 0 Å². The van der Waals surface area contributed by atoms with Crippen LogP contribution < -0.4 is 0 Å². The Bertz CT molecular complexity index is 691. The lowest BCUT2D eigenvalue weighted by Gasteiger charge is -2.34. The van der Waals surface area contributed by atoms with Gasteiger partial charge in [0.25, 0.3) is 10.0 Å². The van der Waals surface area contributed by atoms with Crippen LogP contribution in [0.15, 0.2) is 20.1 Å². The third-order valence-electron chi connectivity index (χ3n) is 5.23. The van der Waals surface area contributed by atoms with Gasteiger partial charge in [-0.05, 0) is 40.4 Å². The van der Waals surface area contributed by atoms with Crippen molar-refractivity contribution in [1.82, 2.24) is 9.21 Å². The van der Waals surface area contributed by atoms with Crippen LogP contribution in [0.3, 0.4) is 0 Å². The van der Waals surface area contributed by atoms with Gasteiger partial charge in [0.2, 0.25) is 5.91 Å². The highest BCUT2D eigenvalue weighted by atomic mass is 79.9. The van der Waals surface area contributed by atoms with Crippen LogP contribution >= 0.6 is 27.3 Å². The first kappa shape index (κ1) is 19.3. The summed E-state index contributed by atoms with van der Waals surface area (Å²) in [5, 5.41) is 0. The topological polar surface area (TPSA) is 57.7 Å². The molecule has 2 heterocycles. The minimum atomic E-state index is -3.44. The van der Waals surface area contributed by atoms with E-state index >= 15 is 0 Å². The summed E-state index contributed by atoms with van der Waals surface area (Å²) < 4.78 is 27.9. The number of carbonyl (C=O) groups excluding carboxylic acids is 1. The zero-order valence-corrected chi connectivity index (χ0v) is 17.5. The zero-order valence-electron chi connectivity index (χ0n) is 14.3. The molecule has 1 amide bonds. The average Bonchev–Trinajstić information content (AvgIpc) is 3.08. The van der Waals surface area contributed by atoms with Gasteiger partial charge in [0.05, 0.1) is 3.79 Å². The summed E-state index contributed by atoms with van der Waals surface area (Å²) in [7, 11) is -3.44. The molecular weight excluding hydrogens is 424 g/mol. The molecule has 0 unspecified atom stereocenters. The molecule has 0 radical (unpaired) electrons. The predicted octanol–water partition coefficient (Wildman–Crippen LogP) is 3.70. The molecule has 2 fully saturated rings. The SMILES string of the molecule is O=C(CCC1CCCCC1)N1CCN(S(=O)(=O)c2ccc(Br)s2)CC1. The summed E-state index contributed by atoms with van der Waals surface area (Å²) in [6.07, 6.45) is 8.05. The highest BCUT2D eigenvalue weighted by Crippen LogP contribution is 2.30. The molecule has 1 saturated carbocycles. The molecule has 1 aliphatic carbocycles. The third-order valence-corrected chi connectivity index (χ3v) is 9.21. The van der Waals surface area contributed by atoms with Crippen molar-refractivity contribution in [2.24, 2.45) is 5.92 Å². The first-order valence-corrected chi connectivity index (χ1v) is 12.0. The minimum Gasteiger partial charge on any atom is -0.340 e. The monoisotopic (exact) mass is 448 g/mol. The smallest absolute Gasteiger partial charge is 0.252 e. The fraction of sp³-hybridized carbons (Fsp3) is 0.706. The maximum atomic E-state index is 12.6. The second-order valence-electron chi connectivity index (χ2n) is 6.89. The Morgan fingerprint density at radius 1 is 1.12 bits per heavy atom. The quantitative estimate of drug-likeness (QED) is 0.689. The Hall–Kier alpha value is -0.440. The molecule has 0 N–H and O–H groups in total. The Kier molecular flexibility index (Phi) is 6.57. The van der Waals surface area contributed by atoms with Gasteiger partial charge in [-0.15, -0.1) is 11.3 Å². The van der Waals surface area contributed by atoms with E-state index in [-0.39, 0.29) is 5.91 Å². The summed E-state index contributed by atoms with van der Waals surface area (Å²) in [5.74, 6) is 0.887. The number of amides is 1. The zero-order chi connectivity index (χ0) is 17.9. The van der Waals surface area contributed by atoms with Gasteiger partial charge in [-0.1, -0.05) is 32.1 Å². The molecule has 8 heteroatoms. The van der Waals surface area contributed by atoms with E-state index in [1.807, 2.05) is 4.90 Å². The van der Waals surface area contributed by atoms with Crippen molar-refractivity contribution in [2.75, 3.05) is 26.2 Å². The van der Waals surface area contributed by atoms with Gasteiger partial charge in [-0.25, -0.2) is 8.42 Å². The van der Waals surface area contributed by atoms with Gasteiger partial charge < -0.3 is 4.90 Å². The van der Waals surface area contributed by atoms with E-state index in [9.17, 15) is 13.2 Å². The lowest BCUT2D eigenvalue weighted by Crippen LogP contribution is -2.50. The molecule has 3 rings (SSSR count). The first-order chi connectivity index (χ1) is 12.0. The van der Waals surface area contributed by atoms with Gasteiger partial charge in [0.15, 0.2) is 0 Å². The third kappa shape index (κ3) is 4.84. The molecule has 1 saturated heterocycles. The van der Waals surface area contributed by atoms with Crippen LogP contribution in [0, 0.1) is 5.92 Å². The Balaban J connectivity index is 1.48. The number of carbonyl (C=O) groups is 1. The molecular formula is C17H25BrN2O3S2. The van der Waals surface area contributed by atoms with E-state index in [2.05, 4.69) is 15.9 Å². The van der Waals surface area contributed by atoms with Crippen molar-refractivity contribution in [1.29, 1.82) is 0 Å². The van der Waals surface area contributed by atoms with Crippen LogP contribution in [-0.4, -0.2) is 49.7 Å². The van der Waals surface area contributed by atoms with Crippen molar-refractivity contribution < 1.29 is 13.2 Å². The van der Waals surface area contributed by atoms with Crippen molar-refractivity contribution in [3.63, 3.8) is 0 Å². The van der Waals surface area contributed by atoms with E-state index in [1.165, 1.54) is 47.7 Å². The predicted molar refractivity (Wildman–Crippen MR) is 103 cm³/mol. The van der Waals surface area contributed by atoms with Crippen molar-refractivity contribution in [3.8, 4) is 0 Å². The van der Waals surface area contributed by atoms with Crippen LogP contribution in [-0.2, 0) is 14.8 Å². The Labute approximate surface area is 162 Å². The van der Waals surface area contributed by atoms with Crippen LogP contribution in [0.2, 0.25) is 0 Å². The lowest BCUT2D eigenvalue weighted by atomic mass is 9.86. The summed E-state index contributed by atoms with van der Waals surface area (Å²) in [5.41, 5.74) is 0. The molecule has 0 atom stereocenters. The number of halogens is 1. The molecule has 0 spiro atoms. The maximum Gasteiger partial charge on any atom is 0.252 e. The van der Waals surface area contributed by atoms with Gasteiger partial charge in [-0.3, -0.25) is 4.79 Å². The van der Waals surface area contributed by atoms with Gasteiger partial charge in [-0.2, -0.15) is 4.31 Å². The molecule has 1 aromatic rings. The largest absolute Gasteiger partial charge is 0.340 e. The van der Waals surface area contributed by atoms with Crippen LogP contribution in [0.5, 0.6) is 0 Å². The highest BCUT2D eigenvalue weighted by Gasteiger charge is 2.31. The molecule has 0 bridgehead atoms. The van der Waals surface area contributed by atoms with Gasteiger partial charge in [0, 0.05) is 32.6 Å². The number of nitrogens with zero attached hydrogens (tertiary/aromatic N) is 2. The van der Waals surface area contributed by atoms with E-state index in [1.54, 1.807) is 12.1 Å². The van der Waals surface area contributed by atoms with Crippen molar-refractivity contribution >= 4 is 43.2 Å². The standard InChI is InChI=1S/C17H25BrN2O3S2/c18-15-7-9-17(24-15)25(22,23)20-12-10-19(11-13-20)16(21)8-6-14-4-2-1-3-5-14/h7,9,14H,1-6,8,10-13H2. The number of thiophene rings is 1. The molecule has 0 aromatic carbocycles. The Morgan fingerprint density at radius 3 is 2.40 bits per heavy atom. The van der Waals surface area contributed by atoms with Crippen LogP contribution in [0.25, 0.3) is 0 Å². The number of piperazine rings is 1. The molecule has 1 aliphatic heterocycles. The van der Waals surface area contributed by atoms with E-state index in [0.717, 1.165) is 10.2 Å². The summed E-state index contributed by atoms with van der Waals surface area (Å²) in [6.45, 7) is 1.75. The summed E-state index contributed by atoms with van der Waals surface area (Å²) >= 11 is 4.54. The number of hydrogen-bond acceptors (Lipinski definition) is 4. The van der Waals surface area contributed by atoms with E-state index in [0.29, 0.717) is 42.7 Å². The number of hydrogen-bond donors (Lipinski definition) is 0. The summed E-state index contributed by atoms with van der Waals surface area (Å²) in [6, 6.07) is 3.38. The molecule has 5 nitrogen and oxygen atoms in total. The molecule has 25 heavy (non-hydrogen) atoms. The minimum absolute atomic E-state index is 0.182.